The van der Waals surface area contributed by atoms with Crippen molar-refractivity contribution in [3.63, 3.8) is 0 Å². The minimum atomic E-state index is -0.468. The largest absolute Gasteiger partial charge is 0.341 e. The second-order valence-electron chi connectivity index (χ2n) is 4.06. The molecule has 0 aromatic heterocycles. The second kappa shape index (κ2) is 5.54. The van der Waals surface area contributed by atoms with Crippen molar-refractivity contribution in [1.82, 2.24) is 16.0 Å². The third-order valence-electron chi connectivity index (χ3n) is 2.83. The maximum Gasteiger partial charge on any atom is 0.321 e. The molecule has 1 aliphatic carbocycles. The smallest absolute Gasteiger partial charge is 0.321 e. The van der Waals surface area contributed by atoms with E-state index in [1.165, 1.54) is 19.9 Å². The van der Waals surface area contributed by atoms with Gasteiger partial charge in [0.25, 0.3) is 0 Å². The minimum Gasteiger partial charge on any atom is -0.341 e. The first-order valence-corrected chi connectivity index (χ1v) is 6.56. The summed E-state index contributed by atoms with van der Waals surface area (Å²) >= 11 is 1.84. The summed E-state index contributed by atoms with van der Waals surface area (Å²) in [6.45, 7) is 2.57. The van der Waals surface area contributed by atoms with Crippen LogP contribution in [0, 0.1) is 0 Å². The number of rotatable bonds is 5. The number of thioether (sulfide) groups is 1. The Morgan fingerprint density at radius 2 is 2.06 bits per heavy atom. The lowest BCUT2D eigenvalue weighted by Gasteiger charge is -2.17. The van der Waals surface area contributed by atoms with Gasteiger partial charge in [-0.3, -0.25) is 10.1 Å². The summed E-state index contributed by atoms with van der Waals surface area (Å²) in [7, 11) is 1.48. The van der Waals surface area contributed by atoms with Crippen molar-refractivity contribution in [2.24, 2.45) is 0 Å². The maximum absolute atomic E-state index is 11.5. The van der Waals surface area contributed by atoms with Gasteiger partial charge in [-0.15, -0.1) is 0 Å². The van der Waals surface area contributed by atoms with E-state index in [2.05, 4.69) is 22.2 Å². The van der Waals surface area contributed by atoms with Crippen LogP contribution in [0.25, 0.3) is 0 Å². The Kier molecular flexibility index (Phi) is 4.61. The fraction of sp³-hybridized carbons (Fsp3) is 0.800. The summed E-state index contributed by atoms with van der Waals surface area (Å²) < 4.78 is 0.321. The first kappa shape index (κ1) is 13.3. The van der Waals surface area contributed by atoms with E-state index in [-0.39, 0.29) is 11.9 Å². The van der Waals surface area contributed by atoms with Gasteiger partial charge in [0.1, 0.15) is 0 Å². The Balaban J connectivity index is 2.26. The standard InChI is InChI=1S/C10H19N3O2S/c1-7(8(14)13-9(15)11-2)12-6-10(16-3)4-5-10/h7,12H,4-6H2,1-3H3,(H2,11,13,14,15). The van der Waals surface area contributed by atoms with Gasteiger partial charge in [-0.1, -0.05) is 0 Å². The summed E-state index contributed by atoms with van der Waals surface area (Å²) in [5.74, 6) is -0.295. The molecule has 0 aliphatic heterocycles. The van der Waals surface area contributed by atoms with Crippen molar-refractivity contribution in [3.05, 3.63) is 0 Å². The highest BCUT2D eigenvalue weighted by atomic mass is 32.2. The number of nitrogens with one attached hydrogen (secondary N) is 3. The van der Waals surface area contributed by atoms with Crippen LogP contribution >= 0.6 is 11.8 Å². The van der Waals surface area contributed by atoms with E-state index in [4.69, 9.17) is 0 Å². The predicted molar refractivity (Wildman–Crippen MR) is 65.5 cm³/mol. The van der Waals surface area contributed by atoms with Crippen LogP contribution in [0.5, 0.6) is 0 Å². The van der Waals surface area contributed by atoms with Crippen molar-refractivity contribution in [3.8, 4) is 0 Å². The number of carbonyl (C=O) groups excluding carboxylic acids is 2. The summed E-state index contributed by atoms with van der Waals surface area (Å²) in [5.41, 5.74) is 0. The molecule has 0 heterocycles. The SMILES string of the molecule is CNC(=O)NC(=O)C(C)NCC1(SC)CC1. The van der Waals surface area contributed by atoms with Gasteiger partial charge in [-0.2, -0.15) is 11.8 Å². The molecular formula is C10H19N3O2S. The maximum atomic E-state index is 11.5. The number of amides is 3. The van der Waals surface area contributed by atoms with Crippen LogP contribution in [0.1, 0.15) is 19.8 Å². The zero-order valence-corrected chi connectivity index (χ0v) is 10.7. The first-order valence-electron chi connectivity index (χ1n) is 5.34. The van der Waals surface area contributed by atoms with Crippen molar-refractivity contribution >= 4 is 23.7 Å². The Morgan fingerprint density at radius 3 is 2.50 bits per heavy atom. The topological polar surface area (TPSA) is 70.2 Å². The third-order valence-corrected chi connectivity index (χ3v) is 4.25. The molecule has 0 saturated heterocycles. The van der Waals surface area contributed by atoms with Gasteiger partial charge in [-0.25, -0.2) is 4.79 Å². The molecule has 0 bridgehead atoms. The summed E-state index contributed by atoms with van der Waals surface area (Å²) in [5, 5.41) is 7.74. The van der Waals surface area contributed by atoms with Gasteiger partial charge < -0.3 is 10.6 Å². The van der Waals surface area contributed by atoms with E-state index in [1.54, 1.807) is 6.92 Å². The highest BCUT2D eigenvalue weighted by molar-refractivity contribution is 8.00. The zero-order chi connectivity index (χ0) is 12.2. The van der Waals surface area contributed by atoms with Crippen molar-refractivity contribution in [2.75, 3.05) is 19.8 Å². The van der Waals surface area contributed by atoms with E-state index >= 15 is 0 Å². The average Bonchev–Trinajstić information content (AvgIpc) is 3.06. The molecule has 0 spiro atoms. The number of carbonyl (C=O) groups is 2. The Morgan fingerprint density at radius 1 is 1.44 bits per heavy atom. The van der Waals surface area contributed by atoms with Crippen LogP contribution in [-0.2, 0) is 4.79 Å². The fourth-order valence-electron chi connectivity index (χ4n) is 1.31. The molecule has 1 fully saturated rings. The van der Waals surface area contributed by atoms with E-state index in [0.29, 0.717) is 4.75 Å². The molecule has 1 atom stereocenters. The fourth-order valence-corrected chi connectivity index (χ4v) is 2.04. The van der Waals surface area contributed by atoms with E-state index in [1.807, 2.05) is 11.8 Å². The van der Waals surface area contributed by atoms with E-state index < -0.39 is 6.03 Å². The normalized spacial score (nSPS) is 18.7. The highest BCUT2D eigenvalue weighted by Crippen LogP contribution is 2.46. The van der Waals surface area contributed by atoms with Gasteiger partial charge in [0, 0.05) is 18.3 Å². The number of hydrogen-bond donors (Lipinski definition) is 3. The van der Waals surface area contributed by atoms with E-state index in [9.17, 15) is 9.59 Å². The van der Waals surface area contributed by atoms with Crippen LogP contribution in [0.4, 0.5) is 4.79 Å². The number of imide groups is 1. The molecule has 0 aromatic rings. The molecule has 1 saturated carbocycles. The molecule has 3 N–H and O–H groups in total. The zero-order valence-electron chi connectivity index (χ0n) is 9.92. The summed E-state index contributed by atoms with van der Waals surface area (Å²) in [6.07, 6.45) is 4.49. The molecule has 1 aliphatic rings. The molecule has 5 nitrogen and oxygen atoms in total. The van der Waals surface area contributed by atoms with Crippen molar-refractivity contribution in [1.29, 1.82) is 0 Å². The van der Waals surface area contributed by atoms with Crippen LogP contribution in [0.15, 0.2) is 0 Å². The molecule has 0 radical (unpaired) electrons. The molecule has 16 heavy (non-hydrogen) atoms. The minimum absolute atomic E-state index is 0.295. The quantitative estimate of drug-likeness (QED) is 0.652. The lowest BCUT2D eigenvalue weighted by molar-refractivity contribution is -0.121. The first-order chi connectivity index (χ1) is 7.53. The summed E-state index contributed by atoms with van der Waals surface area (Å²) in [6, 6.07) is -0.813. The molecule has 0 aromatic carbocycles. The van der Waals surface area contributed by atoms with E-state index in [0.717, 1.165) is 6.54 Å². The van der Waals surface area contributed by atoms with Crippen molar-refractivity contribution in [2.45, 2.75) is 30.6 Å². The molecule has 92 valence electrons. The molecule has 6 heteroatoms. The highest BCUT2D eigenvalue weighted by Gasteiger charge is 2.41. The third kappa shape index (κ3) is 3.68. The van der Waals surface area contributed by atoms with Crippen LogP contribution < -0.4 is 16.0 Å². The molecular weight excluding hydrogens is 226 g/mol. The van der Waals surface area contributed by atoms with Gasteiger partial charge >= 0.3 is 6.03 Å². The number of urea groups is 1. The summed E-state index contributed by atoms with van der Waals surface area (Å²) in [4.78, 5) is 22.4. The van der Waals surface area contributed by atoms with Crippen molar-refractivity contribution < 1.29 is 9.59 Å². The molecule has 3 amide bonds. The lowest BCUT2D eigenvalue weighted by atomic mass is 10.3. The molecule has 1 unspecified atom stereocenters. The lowest BCUT2D eigenvalue weighted by Crippen LogP contribution is -2.48. The monoisotopic (exact) mass is 245 g/mol. The predicted octanol–water partition coefficient (Wildman–Crippen LogP) is 0.316. The Bertz CT molecular complexity index is 279. The molecule has 1 rings (SSSR count). The van der Waals surface area contributed by atoms with Gasteiger partial charge in [0.05, 0.1) is 6.04 Å². The van der Waals surface area contributed by atoms with Gasteiger partial charge in [0.15, 0.2) is 0 Å². The Hall–Kier alpha value is -0.750. The Labute approximate surface area is 100 Å². The number of hydrogen-bond acceptors (Lipinski definition) is 4. The van der Waals surface area contributed by atoms with Crippen LogP contribution in [0.2, 0.25) is 0 Å². The van der Waals surface area contributed by atoms with Crippen LogP contribution in [0.3, 0.4) is 0 Å². The van der Waals surface area contributed by atoms with Gasteiger partial charge in [-0.05, 0) is 26.0 Å². The second-order valence-corrected chi connectivity index (χ2v) is 5.33. The van der Waals surface area contributed by atoms with Gasteiger partial charge in [0.2, 0.25) is 5.91 Å². The average molecular weight is 245 g/mol. The van der Waals surface area contributed by atoms with Crippen LogP contribution in [-0.4, -0.2) is 42.6 Å².